The van der Waals surface area contributed by atoms with Gasteiger partial charge in [0.1, 0.15) is 0 Å². The zero-order valence-electron chi connectivity index (χ0n) is 7.97. The Balaban J connectivity index is 2.75. The number of sulfone groups is 1. The van der Waals surface area contributed by atoms with Crippen molar-refractivity contribution in [1.82, 2.24) is 0 Å². The second-order valence-electron chi connectivity index (χ2n) is 3.30. The van der Waals surface area contributed by atoms with Gasteiger partial charge in [-0.05, 0) is 19.8 Å². The van der Waals surface area contributed by atoms with E-state index in [0.717, 1.165) is 0 Å². The third-order valence-electron chi connectivity index (χ3n) is 2.17. The van der Waals surface area contributed by atoms with Crippen LogP contribution >= 0.6 is 0 Å². The molecule has 14 heavy (non-hydrogen) atoms. The maximum Gasteiger partial charge on any atom is 0.324 e. The second kappa shape index (κ2) is 4.27. The second-order valence-corrected chi connectivity index (χ2v) is 5.53. The molecule has 1 saturated heterocycles. The van der Waals surface area contributed by atoms with E-state index < -0.39 is 27.2 Å². The summed E-state index contributed by atoms with van der Waals surface area (Å²) in [6.45, 7) is 1.80. The van der Waals surface area contributed by atoms with Crippen molar-refractivity contribution >= 4 is 15.8 Å². The van der Waals surface area contributed by atoms with Gasteiger partial charge < -0.3 is 9.84 Å². The van der Waals surface area contributed by atoms with Crippen LogP contribution in [0.1, 0.15) is 19.8 Å². The van der Waals surface area contributed by atoms with Crippen molar-refractivity contribution in [1.29, 1.82) is 0 Å². The standard InChI is InChI=1S/C8H14O5S/c1-2-13-8(10)7-4-3-6(9)5-14(7,11)12/h6-7,9H,2-5H2,1H3/t6-,7+/m1/s1. The van der Waals surface area contributed by atoms with Crippen LogP contribution in [0, 0.1) is 0 Å². The molecule has 1 fully saturated rings. The third-order valence-corrected chi connectivity index (χ3v) is 4.31. The number of rotatable bonds is 2. The average Bonchev–Trinajstić information content (AvgIpc) is 2.01. The molecule has 0 amide bonds. The van der Waals surface area contributed by atoms with Crippen LogP contribution in [0.3, 0.4) is 0 Å². The summed E-state index contributed by atoms with van der Waals surface area (Å²) >= 11 is 0. The van der Waals surface area contributed by atoms with Crippen molar-refractivity contribution in [3.63, 3.8) is 0 Å². The molecule has 1 heterocycles. The van der Waals surface area contributed by atoms with Gasteiger partial charge in [-0.2, -0.15) is 0 Å². The van der Waals surface area contributed by atoms with E-state index >= 15 is 0 Å². The predicted molar refractivity (Wildman–Crippen MR) is 49.4 cm³/mol. The zero-order chi connectivity index (χ0) is 10.8. The fourth-order valence-electron chi connectivity index (χ4n) is 1.49. The summed E-state index contributed by atoms with van der Waals surface area (Å²) in [5.41, 5.74) is 0. The first-order valence-electron chi connectivity index (χ1n) is 4.53. The summed E-state index contributed by atoms with van der Waals surface area (Å²) < 4.78 is 27.5. The van der Waals surface area contributed by atoms with E-state index in [2.05, 4.69) is 4.74 Å². The lowest BCUT2D eigenvalue weighted by Gasteiger charge is -2.23. The molecular formula is C8H14O5S. The van der Waals surface area contributed by atoms with E-state index in [1.165, 1.54) is 0 Å². The number of ether oxygens (including phenoxy) is 1. The van der Waals surface area contributed by atoms with Gasteiger partial charge in [0.15, 0.2) is 15.1 Å². The summed E-state index contributed by atoms with van der Waals surface area (Å²) in [5.74, 6) is -1.03. The molecule has 0 aromatic heterocycles. The molecule has 2 atom stereocenters. The Morgan fingerprint density at radius 2 is 2.14 bits per heavy atom. The quantitative estimate of drug-likeness (QED) is 0.636. The first-order chi connectivity index (χ1) is 6.47. The van der Waals surface area contributed by atoms with Crippen molar-refractivity contribution in [3.05, 3.63) is 0 Å². The largest absolute Gasteiger partial charge is 0.465 e. The maximum absolute atomic E-state index is 11.4. The zero-order valence-corrected chi connectivity index (χ0v) is 8.79. The predicted octanol–water partition coefficient (Wildman–Crippen LogP) is -0.512. The van der Waals surface area contributed by atoms with Crippen molar-refractivity contribution in [3.8, 4) is 0 Å². The van der Waals surface area contributed by atoms with Gasteiger partial charge in [0.25, 0.3) is 0 Å². The topological polar surface area (TPSA) is 80.7 Å². The fourth-order valence-corrected chi connectivity index (χ4v) is 3.28. The summed E-state index contributed by atoms with van der Waals surface area (Å²) in [5, 5.41) is 8.07. The average molecular weight is 222 g/mol. The molecule has 1 N–H and O–H groups in total. The fraction of sp³-hybridized carbons (Fsp3) is 0.875. The minimum absolute atomic E-state index is 0.155. The smallest absolute Gasteiger partial charge is 0.324 e. The Kier molecular flexibility index (Phi) is 3.49. The number of hydrogen-bond donors (Lipinski definition) is 1. The molecular weight excluding hydrogens is 208 g/mol. The van der Waals surface area contributed by atoms with E-state index in [9.17, 15) is 13.2 Å². The minimum atomic E-state index is -3.52. The van der Waals surface area contributed by atoms with Gasteiger partial charge in [-0.25, -0.2) is 8.42 Å². The minimum Gasteiger partial charge on any atom is -0.465 e. The van der Waals surface area contributed by atoms with Gasteiger partial charge in [0, 0.05) is 0 Å². The first-order valence-corrected chi connectivity index (χ1v) is 6.25. The molecule has 6 heteroatoms. The Morgan fingerprint density at radius 1 is 1.50 bits per heavy atom. The highest BCUT2D eigenvalue weighted by Gasteiger charge is 2.39. The first kappa shape index (κ1) is 11.5. The van der Waals surface area contributed by atoms with E-state index in [1.54, 1.807) is 6.92 Å². The Morgan fingerprint density at radius 3 is 2.64 bits per heavy atom. The van der Waals surface area contributed by atoms with Crippen LogP contribution in [0.5, 0.6) is 0 Å². The van der Waals surface area contributed by atoms with Crippen LogP contribution in [-0.2, 0) is 19.4 Å². The molecule has 0 saturated carbocycles. The number of carbonyl (C=O) groups is 1. The van der Waals surface area contributed by atoms with E-state index in [0.29, 0.717) is 6.42 Å². The normalized spacial score (nSPS) is 31.0. The molecule has 0 aliphatic carbocycles. The van der Waals surface area contributed by atoms with E-state index in [1.807, 2.05) is 0 Å². The van der Waals surface area contributed by atoms with Gasteiger partial charge in [-0.1, -0.05) is 0 Å². The van der Waals surface area contributed by atoms with Crippen LogP contribution in [0.2, 0.25) is 0 Å². The monoisotopic (exact) mass is 222 g/mol. The molecule has 0 unspecified atom stereocenters. The summed E-state index contributed by atoms with van der Waals surface area (Å²) in [4.78, 5) is 11.2. The lowest BCUT2D eigenvalue weighted by atomic mass is 10.1. The van der Waals surface area contributed by atoms with Crippen LogP contribution < -0.4 is 0 Å². The summed E-state index contributed by atoms with van der Waals surface area (Å²) in [7, 11) is -3.52. The number of carbonyl (C=O) groups excluding carboxylic acids is 1. The molecule has 1 aliphatic heterocycles. The maximum atomic E-state index is 11.4. The van der Waals surface area contributed by atoms with Gasteiger partial charge >= 0.3 is 5.97 Å². The molecule has 0 spiro atoms. The van der Waals surface area contributed by atoms with Gasteiger partial charge in [-0.3, -0.25) is 4.79 Å². The van der Waals surface area contributed by atoms with Crippen molar-refractivity contribution in [2.24, 2.45) is 0 Å². The SMILES string of the molecule is CCOC(=O)[C@@H]1CC[C@@H](O)CS1(=O)=O. The van der Waals surface area contributed by atoms with Crippen molar-refractivity contribution in [2.75, 3.05) is 12.4 Å². The van der Waals surface area contributed by atoms with Crippen molar-refractivity contribution in [2.45, 2.75) is 31.1 Å². The Labute approximate surface area is 83.0 Å². The molecule has 0 aromatic rings. The van der Waals surface area contributed by atoms with Gasteiger partial charge in [0.05, 0.1) is 18.5 Å². The summed E-state index contributed by atoms with van der Waals surface area (Å²) in [6, 6.07) is 0. The van der Waals surface area contributed by atoms with Crippen LogP contribution in [0.15, 0.2) is 0 Å². The summed E-state index contributed by atoms with van der Waals surface area (Å²) in [6.07, 6.45) is -0.351. The Bertz CT molecular complexity index is 308. The lowest BCUT2D eigenvalue weighted by molar-refractivity contribution is -0.142. The van der Waals surface area contributed by atoms with Crippen LogP contribution in [-0.4, -0.2) is 43.2 Å². The molecule has 82 valence electrons. The molecule has 0 radical (unpaired) electrons. The lowest BCUT2D eigenvalue weighted by Crippen LogP contribution is -2.41. The molecule has 5 nitrogen and oxygen atoms in total. The number of hydrogen-bond acceptors (Lipinski definition) is 5. The number of esters is 1. The molecule has 1 aliphatic rings. The molecule has 1 rings (SSSR count). The van der Waals surface area contributed by atoms with Crippen LogP contribution in [0.4, 0.5) is 0 Å². The molecule has 0 bridgehead atoms. The molecule has 0 aromatic carbocycles. The van der Waals surface area contributed by atoms with E-state index in [-0.39, 0.29) is 18.8 Å². The number of aliphatic hydroxyl groups excluding tert-OH is 1. The number of aliphatic hydroxyl groups is 1. The van der Waals surface area contributed by atoms with Gasteiger partial charge in [-0.15, -0.1) is 0 Å². The van der Waals surface area contributed by atoms with Crippen molar-refractivity contribution < 1.29 is 23.1 Å². The highest BCUT2D eigenvalue weighted by atomic mass is 32.2. The van der Waals surface area contributed by atoms with Crippen LogP contribution in [0.25, 0.3) is 0 Å². The highest BCUT2D eigenvalue weighted by molar-refractivity contribution is 7.92. The van der Waals surface area contributed by atoms with Gasteiger partial charge in [0.2, 0.25) is 0 Å². The Hall–Kier alpha value is -0.620. The van der Waals surface area contributed by atoms with E-state index in [4.69, 9.17) is 5.11 Å². The highest BCUT2D eigenvalue weighted by Crippen LogP contribution is 2.21. The third kappa shape index (κ3) is 2.45.